The van der Waals surface area contributed by atoms with Crippen molar-refractivity contribution < 1.29 is 0 Å². The molecule has 96 valence electrons. The molecule has 0 aliphatic heterocycles. The Hall–Kier alpha value is -0.860. The van der Waals surface area contributed by atoms with Gasteiger partial charge in [0.1, 0.15) is 0 Å². The second-order valence-electron chi connectivity index (χ2n) is 4.79. The predicted octanol–water partition coefficient (Wildman–Crippen LogP) is 2.98. The molecule has 1 atom stereocenters. The van der Waals surface area contributed by atoms with Crippen LogP contribution in [0.15, 0.2) is 24.3 Å². The van der Waals surface area contributed by atoms with E-state index in [4.69, 9.17) is 5.73 Å². The maximum atomic E-state index is 5.54. The minimum Gasteiger partial charge on any atom is -0.330 e. The highest BCUT2D eigenvalue weighted by atomic mass is 15.1. The molecular formula is C15H26N2. The van der Waals surface area contributed by atoms with E-state index in [1.807, 2.05) is 0 Å². The van der Waals surface area contributed by atoms with Crippen molar-refractivity contribution in [1.82, 2.24) is 4.90 Å². The molecule has 0 aliphatic rings. The summed E-state index contributed by atoms with van der Waals surface area (Å²) in [4.78, 5) is 2.36. The van der Waals surface area contributed by atoms with Gasteiger partial charge in [-0.05, 0) is 51.0 Å². The molecule has 0 saturated carbocycles. The highest BCUT2D eigenvalue weighted by molar-refractivity contribution is 5.24. The van der Waals surface area contributed by atoms with Gasteiger partial charge in [0.25, 0.3) is 0 Å². The first kappa shape index (κ1) is 14.2. The zero-order chi connectivity index (χ0) is 12.7. The average molecular weight is 234 g/mol. The topological polar surface area (TPSA) is 29.3 Å². The molecule has 1 unspecified atom stereocenters. The molecule has 2 N–H and O–H groups in total. The molecule has 1 aromatic carbocycles. The fourth-order valence-electron chi connectivity index (χ4n) is 2.04. The van der Waals surface area contributed by atoms with Crippen molar-refractivity contribution in [2.75, 3.05) is 20.1 Å². The van der Waals surface area contributed by atoms with E-state index in [0.717, 1.165) is 19.5 Å². The molecule has 1 rings (SSSR count). The van der Waals surface area contributed by atoms with Crippen LogP contribution in [0.3, 0.4) is 0 Å². The molecular weight excluding hydrogens is 208 g/mol. The SMILES string of the molecule is CCCc1ccc(C(C)N(C)CCCN)cc1. The van der Waals surface area contributed by atoms with Crippen LogP contribution < -0.4 is 5.73 Å². The van der Waals surface area contributed by atoms with Crippen LogP contribution >= 0.6 is 0 Å². The van der Waals surface area contributed by atoms with Crippen LogP contribution in [0.5, 0.6) is 0 Å². The van der Waals surface area contributed by atoms with Crippen LogP contribution in [0.4, 0.5) is 0 Å². The van der Waals surface area contributed by atoms with Gasteiger partial charge >= 0.3 is 0 Å². The van der Waals surface area contributed by atoms with E-state index in [2.05, 4.69) is 50.1 Å². The quantitative estimate of drug-likeness (QED) is 0.786. The number of hydrogen-bond acceptors (Lipinski definition) is 2. The summed E-state index contributed by atoms with van der Waals surface area (Å²) in [5, 5.41) is 0. The Labute approximate surface area is 106 Å². The summed E-state index contributed by atoms with van der Waals surface area (Å²) in [5.41, 5.74) is 8.37. The van der Waals surface area contributed by atoms with Gasteiger partial charge < -0.3 is 5.73 Å². The van der Waals surface area contributed by atoms with Crippen LogP contribution in [0.2, 0.25) is 0 Å². The lowest BCUT2D eigenvalue weighted by atomic mass is 10.0. The number of nitrogens with zero attached hydrogens (tertiary/aromatic N) is 1. The van der Waals surface area contributed by atoms with Gasteiger partial charge in [0.2, 0.25) is 0 Å². The van der Waals surface area contributed by atoms with Crippen molar-refractivity contribution in [3.05, 3.63) is 35.4 Å². The van der Waals surface area contributed by atoms with Gasteiger partial charge in [-0.1, -0.05) is 37.6 Å². The molecule has 0 spiro atoms. The molecule has 0 amide bonds. The second kappa shape index (κ2) is 7.46. The van der Waals surface area contributed by atoms with Crippen molar-refractivity contribution in [1.29, 1.82) is 0 Å². The third-order valence-corrected chi connectivity index (χ3v) is 3.38. The van der Waals surface area contributed by atoms with Crippen molar-refractivity contribution in [2.45, 2.75) is 39.2 Å². The fourth-order valence-corrected chi connectivity index (χ4v) is 2.04. The zero-order valence-electron chi connectivity index (χ0n) is 11.4. The van der Waals surface area contributed by atoms with Crippen LogP contribution in [-0.4, -0.2) is 25.0 Å². The zero-order valence-corrected chi connectivity index (χ0v) is 11.4. The molecule has 0 aromatic heterocycles. The summed E-state index contributed by atoms with van der Waals surface area (Å²) >= 11 is 0. The Bertz CT molecular complexity index is 305. The Morgan fingerprint density at radius 1 is 1.24 bits per heavy atom. The molecule has 0 radical (unpaired) electrons. The summed E-state index contributed by atoms with van der Waals surface area (Å²) in [6.45, 7) is 6.31. The number of rotatable bonds is 7. The largest absolute Gasteiger partial charge is 0.330 e. The number of nitrogens with two attached hydrogens (primary N) is 1. The van der Waals surface area contributed by atoms with E-state index in [1.54, 1.807) is 0 Å². The normalized spacial score (nSPS) is 13.0. The molecule has 2 nitrogen and oxygen atoms in total. The Kier molecular flexibility index (Phi) is 6.23. The summed E-state index contributed by atoms with van der Waals surface area (Å²) < 4.78 is 0. The van der Waals surface area contributed by atoms with E-state index >= 15 is 0 Å². The van der Waals surface area contributed by atoms with Gasteiger partial charge in [-0.15, -0.1) is 0 Å². The maximum absolute atomic E-state index is 5.54. The monoisotopic (exact) mass is 234 g/mol. The van der Waals surface area contributed by atoms with E-state index in [9.17, 15) is 0 Å². The van der Waals surface area contributed by atoms with Crippen molar-refractivity contribution in [2.24, 2.45) is 5.73 Å². The van der Waals surface area contributed by atoms with Gasteiger partial charge in [0.05, 0.1) is 0 Å². The first-order valence-electron chi connectivity index (χ1n) is 6.68. The molecule has 2 heteroatoms. The minimum absolute atomic E-state index is 0.470. The number of benzene rings is 1. The molecule has 17 heavy (non-hydrogen) atoms. The Balaban J connectivity index is 2.58. The molecule has 0 fully saturated rings. The second-order valence-corrected chi connectivity index (χ2v) is 4.79. The van der Waals surface area contributed by atoms with Crippen LogP contribution in [0, 0.1) is 0 Å². The molecule has 0 aliphatic carbocycles. The minimum atomic E-state index is 0.470. The van der Waals surface area contributed by atoms with E-state index in [-0.39, 0.29) is 0 Å². The lowest BCUT2D eigenvalue weighted by Crippen LogP contribution is -2.25. The summed E-state index contributed by atoms with van der Waals surface area (Å²) in [6, 6.07) is 9.50. The standard InChI is InChI=1S/C15H26N2/c1-4-6-14-7-9-15(10-8-14)13(2)17(3)12-5-11-16/h7-10,13H,4-6,11-12,16H2,1-3H3. The van der Waals surface area contributed by atoms with E-state index in [1.165, 1.54) is 24.0 Å². The maximum Gasteiger partial charge on any atom is 0.0316 e. The average Bonchev–Trinajstić information content (AvgIpc) is 2.36. The fraction of sp³-hybridized carbons (Fsp3) is 0.600. The van der Waals surface area contributed by atoms with E-state index in [0.29, 0.717) is 6.04 Å². The summed E-state index contributed by atoms with van der Waals surface area (Å²) in [6.07, 6.45) is 3.46. The summed E-state index contributed by atoms with van der Waals surface area (Å²) in [5.74, 6) is 0. The number of aryl methyl sites for hydroxylation is 1. The first-order chi connectivity index (χ1) is 8.19. The highest BCUT2D eigenvalue weighted by Gasteiger charge is 2.10. The lowest BCUT2D eigenvalue weighted by molar-refractivity contribution is 0.260. The molecule has 1 aromatic rings. The smallest absolute Gasteiger partial charge is 0.0316 e. The molecule has 0 saturated heterocycles. The van der Waals surface area contributed by atoms with Crippen LogP contribution in [0.25, 0.3) is 0 Å². The lowest BCUT2D eigenvalue weighted by Gasteiger charge is -2.25. The van der Waals surface area contributed by atoms with Crippen LogP contribution in [-0.2, 0) is 6.42 Å². The Morgan fingerprint density at radius 3 is 2.41 bits per heavy atom. The number of hydrogen-bond donors (Lipinski definition) is 1. The van der Waals surface area contributed by atoms with Crippen molar-refractivity contribution in [3.63, 3.8) is 0 Å². The highest BCUT2D eigenvalue weighted by Crippen LogP contribution is 2.19. The van der Waals surface area contributed by atoms with Gasteiger partial charge in [-0.2, -0.15) is 0 Å². The van der Waals surface area contributed by atoms with Crippen molar-refractivity contribution >= 4 is 0 Å². The summed E-state index contributed by atoms with van der Waals surface area (Å²) in [7, 11) is 2.17. The van der Waals surface area contributed by atoms with Gasteiger partial charge in [0, 0.05) is 6.04 Å². The van der Waals surface area contributed by atoms with Gasteiger partial charge in [-0.25, -0.2) is 0 Å². The van der Waals surface area contributed by atoms with Gasteiger partial charge in [0.15, 0.2) is 0 Å². The third-order valence-electron chi connectivity index (χ3n) is 3.38. The predicted molar refractivity (Wildman–Crippen MR) is 75.2 cm³/mol. The van der Waals surface area contributed by atoms with E-state index < -0.39 is 0 Å². The molecule has 0 bridgehead atoms. The van der Waals surface area contributed by atoms with Gasteiger partial charge in [-0.3, -0.25) is 4.90 Å². The third kappa shape index (κ3) is 4.49. The van der Waals surface area contributed by atoms with Crippen LogP contribution in [0.1, 0.15) is 43.9 Å². The first-order valence-corrected chi connectivity index (χ1v) is 6.68. The molecule has 0 heterocycles. The van der Waals surface area contributed by atoms with Crippen molar-refractivity contribution in [3.8, 4) is 0 Å². The Morgan fingerprint density at radius 2 is 1.88 bits per heavy atom.